The van der Waals surface area contributed by atoms with Crippen molar-refractivity contribution in [3.63, 3.8) is 0 Å². The van der Waals surface area contributed by atoms with Crippen LogP contribution in [0.5, 0.6) is 0 Å². The van der Waals surface area contributed by atoms with Crippen molar-refractivity contribution < 1.29 is 76.3 Å². The van der Waals surface area contributed by atoms with Gasteiger partial charge in [-0.3, -0.25) is 0 Å². The third-order valence-electron chi connectivity index (χ3n) is 12.0. The topological polar surface area (TPSA) is 188 Å². The van der Waals surface area contributed by atoms with Crippen LogP contribution < -0.4 is 12.4 Å². The fraction of sp³-hybridized carbons (Fsp3) is 1.00. The Hall–Kier alpha value is -0.230. The number of ether oxygens (including phenoxy) is 5. The van der Waals surface area contributed by atoms with Crippen LogP contribution >= 0.6 is 0 Å². The molecule has 0 aromatic carbocycles. The van der Waals surface area contributed by atoms with Crippen LogP contribution in [0.2, 0.25) is 0 Å². The van der Waals surface area contributed by atoms with Gasteiger partial charge in [0, 0.05) is 6.61 Å². The van der Waals surface area contributed by atoms with Crippen LogP contribution in [0.4, 0.5) is 0 Å². The quantitative estimate of drug-likeness (QED) is 0.0361. The van der Waals surface area contributed by atoms with Gasteiger partial charge in [-0.25, -0.2) is 0 Å². The van der Waals surface area contributed by atoms with Gasteiger partial charge in [0.25, 0.3) is 0 Å². The Morgan fingerprint density at radius 2 is 0.847 bits per heavy atom. The molecular formula is C45H90ClNO12. The van der Waals surface area contributed by atoms with E-state index < -0.39 is 67.5 Å². The Bertz CT molecular complexity index is 972. The van der Waals surface area contributed by atoms with Gasteiger partial charge in [0.05, 0.1) is 40.5 Å². The lowest BCUT2D eigenvalue weighted by Gasteiger charge is -2.43. The lowest BCUT2D eigenvalue weighted by Crippen LogP contribution is -3.00. The Morgan fingerprint density at radius 3 is 1.29 bits per heavy atom. The van der Waals surface area contributed by atoms with Crippen molar-refractivity contribution in [3.05, 3.63) is 0 Å². The number of rotatable bonds is 36. The van der Waals surface area contributed by atoms with Crippen molar-refractivity contribution in [2.24, 2.45) is 0 Å². The first-order chi connectivity index (χ1) is 27.9. The number of aliphatic hydroxyl groups is 7. The van der Waals surface area contributed by atoms with E-state index in [9.17, 15) is 35.7 Å². The minimum absolute atomic E-state index is 0. The molecule has 0 aliphatic carbocycles. The van der Waals surface area contributed by atoms with E-state index in [1.54, 1.807) is 0 Å². The van der Waals surface area contributed by atoms with Crippen LogP contribution in [0.25, 0.3) is 0 Å². The number of aliphatic hydroxyl groups excluding tert-OH is 7. The Labute approximate surface area is 364 Å². The molecule has 2 heterocycles. The van der Waals surface area contributed by atoms with Gasteiger partial charge in [0.2, 0.25) is 0 Å². The lowest BCUT2D eigenvalue weighted by atomic mass is 9.98. The van der Waals surface area contributed by atoms with Crippen molar-refractivity contribution in [1.29, 1.82) is 0 Å². The summed E-state index contributed by atoms with van der Waals surface area (Å²) in [6.07, 6.45) is 15.4. The molecular weight excluding hydrogens is 782 g/mol. The molecule has 2 fully saturated rings. The fourth-order valence-corrected chi connectivity index (χ4v) is 8.13. The molecule has 11 atom stereocenters. The number of hydrogen-bond donors (Lipinski definition) is 7. The van der Waals surface area contributed by atoms with Crippen LogP contribution in [-0.4, -0.2) is 161 Å². The van der Waals surface area contributed by atoms with E-state index >= 15 is 0 Å². The van der Waals surface area contributed by atoms with Gasteiger partial charge in [0.1, 0.15) is 61.5 Å². The second kappa shape index (κ2) is 34.2. The van der Waals surface area contributed by atoms with Crippen molar-refractivity contribution in [2.75, 3.05) is 53.6 Å². The second-order valence-corrected chi connectivity index (χ2v) is 18.0. The molecule has 7 N–H and O–H groups in total. The van der Waals surface area contributed by atoms with Crippen LogP contribution in [-0.2, 0) is 23.7 Å². The molecule has 59 heavy (non-hydrogen) atoms. The van der Waals surface area contributed by atoms with Crippen LogP contribution in [0.3, 0.4) is 0 Å². The van der Waals surface area contributed by atoms with Crippen molar-refractivity contribution in [2.45, 2.75) is 235 Å². The number of hydrogen-bond acceptors (Lipinski definition) is 12. The molecule has 0 radical (unpaired) electrons. The van der Waals surface area contributed by atoms with Crippen LogP contribution in [0.15, 0.2) is 0 Å². The van der Waals surface area contributed by atoms with Gasteiger partial charge in [-0.15, -0.1) is 0 Å². The normalized spacial score (nSPS) is 28.1. The summed E-state index contributed by atoms with van der Waals surface area (Å²) in [7, 11) is 4.20. The maximum atomic E-state index is 10.8. The number of nitrogens with zero attached hydrogens (tertiary/aromatic N) is 1. The molecule has 1 unspecified atom stereocenters. The molecule has 14 heteroatoms. The zero-order valence-electron chi connectivity index (χ0n) is 37.6. The minimum atomic E-state index is -1.62. The summed E-state index contributed by atoms with van der Waals surface area (Å²) in [4.78, 5) is 0. The van der Waals surface area contributed by atoms with Crippen LogP contribution in [0, 0.1) is 0 Å². The summed E-state index contributed by atoms with van der Waals surface area (Å²) in [5, 5.41) is 74.1. The highest BCUT2D eigenvalue weighted by atomic mass is 35.5. The van der Waals surface area contributed by atoms with E-state index in [-0.39, 0.29) is 32.2 Å². The highest BCUT2D eigenvalue weighted by Gasteiger charge is 2.47. The zero-order chi connectivity index (χ0) is 42.6. The second-order valence-electron chi connectivity index (χ2n) is 18.0. The largest absolute Gasteiger partial charge is 1.00 e. The summed E-state index contributed by atoms with van der Waals surface area (Å²) in [6, 6.07) is 0. The lowest BCUT2D eigenvalue weighted by molar-refractivity contribution is -0.893. The molecule has 0 saturated carbocycles. The van der Waals surface area contributed by atoms with Crippen LogP contribution in [0.1, 0.15) is 168 Å². The fourth-order valence-electron chi connectivity index (χ4n) is 8.13. The minimum Gasteiger partial charge on any atom is -1.00 e. The van der Waals surface area contributed by atoms with Gasteiger partial charge >= 0.3 is 0 Å². The molecule has 0 aromatic heterocycles. The predicted octanol–water partition coefficient (Wildman–Crippen LogP) is 2.49. The molecule has 2 aliphatic rings. The standard InChI is InChI=1S/C45H90NO12.ClH/c1-5-7-9-11-13-15-16-17-18-19-20-21-22-23-25-27-29-46(3,4)31-35(47)32-54-33-36-38(48)40(50)43(53)45(57-36)56-34-37-39(49)41(51)42(52)44(58-37)55-30-28-26-24-14-12-10-8-6-2;/h35-45,47-53H,5-34H2,1-4H3;1H/q+1;/p-1/t35?,36-,37-,38-,39-,40+,41+,42-,43-,44-,45+;/m1./s1. The predicted molar refractivity (Wildman–Crippen MR) is 226 cm³/mol. The van der Waals surface area contributed by atoms with Crippen molar-refractivity contribution in [3.8, 4) is 0 Å². The van der Waals surface area contributed by atoms with Gasteiger partial charge in [-0.1, -0.05) is 149 Å². The van der Waals surface area contributed by atoms with E-state index in [0.717, 1.165) is 32.2 Å². The first kappa shape index (κ1) is 56.8. The summed E-state index contributed by atoms with van der Waals surface area (Å²) >= 11 is 0. The van der Waals surface area contributed by atoms with E-state index in [1.165, 1.54) is 128 Å². The zero-order valence-corrected chi connectivity index (χ0v) is 38.3. The Kier molecular flexibility index (Phi) is 32.9. The molecule has 354 valence electrons. The van der Waals surface area contributed by atoms with Crippen molar-refractivity contribution in [1.82, 2.24) is 0 Å². The molecule has 0 aromatic rings. The number of likely N-dealkylation sites (N-methyl/N-ethyl adjacent to an activating group) is 1. The van der Waals surface area contributed by atoms with Gasteiger partial charge < -0.3 is 76.3 Å². The highest BCUT2D eigenvalue weighted by molar-refractivity contribution is 4.92. The van der Waals surface area contributed by atoms with E-state index in [4.69, 9.17) is 23.7 Å². The maximum absolute atomic E-state index is 10.8. The molecule has 0 spiro atoms. The summed E-state index contributed by atoms with van der Waals surface area (Å²) in [6.45, 7) is 5.68. The monoisotopic (exact) mass is 872 g/mol. The molecule has 2 saturated heterocycles. The van der Waals surface area contributed by atoms with Crippen molar-refractivity contribution >= 4 is 0 Å². The van der Waals surface area contributed by atoms with E-state index in [1.807, 2.05) is 0 Å². The number of unbranched alkanes of at least 4 members (excludes halogenated alkanes) is 22. The third-order valence-corrected chi connectivity index (χ3v) is 12.0. The van der Waals surface area contributed by atoms with E-state index in [0.29, 0.717) is 17.6 Å². The number of halogens is 1. The SMILES string of the molecule is CCCCCCCCCCCCCCCCCC[N+](C)(C)CC(O)COC[C@H]1O[C@H](OC[C@H]2O[C@@H](OCCCCCCCCCC)[C@H](O)[C@@H](O)[C@@H]2O)[C@H](O)[C@@H](O)[C@@H]1O.[Cl-]. The maximum Gasteiger partial charge on any atom is 0.186 e. The summed E-state index contributed by atoms with van der Waals surface area (Å²) < 4.78 is 29.3. The highest BCUT2D eigenvalue weighted by Crippen LogP contribution is 2.27. The average molecular weight is 873 g/mol. The number of quaternary nitrogens is 1. The van der Waals surface area contributed by atoms with Gasteiger partial charge in [-0.05, 0) is 19.3 Å². The molecule has 13 nitrogen and oxygen atoms in total. The average Bonchev–Trinajstić information content (AvgIpc) is 3.19. The molecule has 0 amide bonds. The molecule has 0 bridgehead atoms. The van der Waals surface area contributed by atoms with Gasteiger partial charge in [-0.2, -0.15) is 0 Å². The van der Waals surface area contributed by atoms with E-state index in [2.05, 4.69) is 27.9 Å². The first-order valence-corrected chi connectivity index (χ1v) is 23.6. The smallest absolute Gasteiger partial charge is 0.186 e. The Balaban J connectivity index is 0.0000174. The third kappa shape index (κ3) is 24.4. The summed E-state index contributed by atoms with van der Waals surface area (Å²) in [5.74, 6) is 0. The van der Waals surface area contributed by atoms with Gasteiger partial charge in [0.15, 0.2) is 12.6 Å². The molecule has 2 aliphatic heterocycles. The first-order valence-electron chi connectivity index (χ1n) is 23.6. The summed E-state index contributed by atoms with van der Waals surface area (Å²) in [5.41, 5.74) is 0. The Morgan fingerprint density at radius 1 is 0.475 bits per heavy atom. The molecule has 2 rings (SSSR count).